The Morgan fingerprint density at radius 1 is 1.15 bits per heavy atom. The molecule has 0 atom stereocenters. The molecule has 0 aliphatic carbocycles. The average molecular weight is 365 g/mol. The van der Waals surface area contributed by atoms with Crippen molar-refractivity contribution in [3.63, 3.8) is 0 Å². The fraction of sp³-hybridized carbons (Fsp3) is 0.143. The third kappa shape index (κ3) is 4.76. The van der Waals surface area contributed by atoms with Crippen molar-refractivity contribution in [2.75, 3.05) is 5.32 Å². The molecule has 6 nitrogen and oxygen atoms in total. The third-order valence-electron chi connectivity index (χ3n) is 4.08. The Labute approximate surface area is 156 Å². The molecular weight excluding hydrogens is 346 g/mol. The van der Waals surface area contributed by atoms with Crippen LogP contribution >= 0.6 is 0 Å². The highest BCUT2D eigenvalue weighted by atomic mass is 16.5. The maximum absolute atomic E-state index is 12.1. The minimum absolute atomic E-state index is 0.155. The van der Waals surface area contributed by atoms with Gasteiger partial charge in [-0.15, -0.1) is 0 Å². The van der Waals surface area contributed by atoms with Crippen LogP contribution in [0.15, 0.2) is 70.1 Å². The number of hydrogen-bond donors (Lipinski definition) is 2. The smallest absolute Gasteiger partial charge is 0.338 e. The first kappa shape index (κ1) is 18.3. The molecule has 2 aromatic carbocycles. The van der Waals surface area contributed by atoms with Crippen molar-refractivity contribution < 1.29 is 19.1 Å². The lowest BCUT2D eigenvalue weighted by atomic mass is 10.1. The summed E-state index contributed by atoms with van der Waals surface area (Å²) in [5.74, 6) is -0.863. The van der Waals surface area contributed by atoms with Crippen LogP contribution in [-0.4, -0.2) is 11.1 Å². The van der Waals surface area contributed by atoms with E-state index in [2.05, 4.69) is 24.4 Å². The molecule has 1 aromatic heterocycles. The second kappa shape index (κ2) is 8.23. The first-order valence-corrected chi connectivity index (χ1v) is 8.39. The summed E-state index contributed by atoms with van der Waals surface area (Å²) in [5.41, 5.74) is 3.11. The highest BCUT2D eigenvalue weighted by Crippen LogP contribution is 2.14. The second-order valence-electron chi connectivity index (χ2n) is 6.03. The summed E-state index contributed by atoms with van der Waals surface area (Å²) in [6.07, 6.45) is 0.917. The lowest BCUT2D eigenvalue weighted by Crippen LogP contribution is -2.07. The van der Waals surface area contributed by atoms with E-state index in [0.29, 0.717) is 12.1 Å². The Morgan fingerprint density at radius 2 is 1.89 bits per heavy atom. The van der Waals surface area contributed by atoms with Gasteiger partial charge >= 0.3 is 5.97 Å². The van der Waals surface area contributed by atoms with Crippen molar-refractivity contribution >= 4 is 11.7 Å². The van der Waals surface area contributed by atoms with E-state index >= 15 is 0 Å². The zero-order valence-corrected chi connectivity index (χ0v) is 14.8. The number of anilines is 1. The standard InChI is InChI=1S/C21H19NO5/c1-14-4-2-3-5-16(14)11-22-17-8-6-15(7-9-17)21(25)27-12-18-10-19(23)20(24)13-26-18/h2-10,13,22,24H,11-12H2,1H3. The summed E-state index contributed by atoms with van der Waals surface area (Å²) in [5, 5.41) is 12.4. The Bertz CT molecular complexity index is 992. The van der Waals surface area contributed by atoms with Gasteiger partial charge in [-0.1, -0.05) is 24.3 Å². The topological polar surface area (TPSA) is 88.8 Å². The Hall–Kier alpha value is -3.54. The van der Waals surface area contributed by atoms with Crippen molar-refractivity contribution in [2.24, 2.45) is 0 Å². The summed E-state index contributed by atoms with van der Waals surface area (Å²) in [4.78, 5) is 23.4. The molecule has 6 heteroatoms. The zero-order chi connectivity index (χ0) is 19.2. The van der Waals surface area contributed by atoms with Gasteiger partial charge in [0.05, 0.1) is 5.56 Å². The first-order valence-electron chi connectivity index (χ1n) is 8.39. The highest BCUT2D eigenvalue weighted by Gasteiger charge is 2.09. The summed E-state index contributed by atoms with van der Waals surface area (Å²) < 4.78 is 10.1. The second-order valence-corrected chi connectivity index (χ2v) is 6.03. The predicted octanol–water partition coefficient (Wildman–Crippen LogP) is 3.62. The van der Waals surface area contributed by atoms with E-state index in [1.165, 1.54) is 11.1 Å². The summed E-state index contributed by atoms with van der Waals surface area (Å²) >= 11 is 0. The van der Waals surface area contributed by atoms with Crippen molar-refractivity contribution in [3.8, 4) is 5.75 Å². The highest BCUT2D eigenvalue weighted by molar-refractivity contribution is 5.89. The molecule has 0 saturated heterocycles. The lowest BCUT2D eigenvalue weighted by Gasteiger charge is -2.09. The number of benzene rings is 2. The number of esters is 1. The van der Waals surface area contributed by atoms with Gasteiger partial charge in [-0.3, -0.25) is 4.79 Å². The molecule has 3 aromatic rings. The van der Waals surface area contributed by atoms with Gasteiger partial charge in [-0.25, -0.2) is 4.79 Å². The van der Waals surface area contributed by atoms with Gasteiger partial charge in [0, 0.05) is 18.3 Å². The number of aryl methyl sites for hydroxylation is 1. The van der Waals surface area contributed by atoms with Gasteiger partial charge in [-0.2, -0.15) is 0 Å². The van der Waals surface area contributed by atoms with Crippen LogP contribution in [0.1, 0.15) is 27.2 Å². The third-order valence-corrected chi connectivity index (χ3v) is 4.08. The molecule has 138 valence electrons. The minimum atomic E-state index is -0.587. The van der Waals surface area contributed by atoms with Gasteiger partial charge in [0.15, 0.2) is 5.75 Å². The molecule has 0 bridgehead atoms. The molecule has 27 heavy (non-hydrogen) atoms. The fourth-order valence-corrected chi connectivity index (χ4v) is 2.47. The molecule has 1 heterocycles. The van der Waals surface area contributed by atoms with E-state index in [9.17, 15) is 9.59 Å². The number of aromatic hydroxyl groups is 1. The Kier molecular flexibility index (Phi) is 5.56. The summed E-state index contributed by atoms with van der Waals surface area (Å²) in [6.45, 7) is 2.56. The van der Waals surface area contributed by atoms with E-state index in [0.717, 1.165) is 18.0 Å². The van der Waals surface area contributed by atoms with Crippen LogP contribution in [0.5, 0.6) is 5.75 Å². The average Bonchev–Trinajstić information content (AvgIpc) is 2.68. The normalized spacial score (nSPS) is 10.4. The van der Waals surface area contributed by atoms with E-state index in [1.807, 2.05) is 12.1 Å². The molecule has 0 fully saturated rings. The summed E-state index contributed by atoms with van der Waals surface area (Å²) in [7, 11) is 0. The molecule has 0 saturated carbocycles. The van der Waals surface area contributed by atoms with Crippen molar-refractivity contribution in [1.29, 1.82) is 0 Å². The maximum atomic E-state index is 12.1. The van der Waals surface area contributed by atoms with Crippen LogP contribution in [-0.2, 0) is 17.9 Å². The molecule has 0 aliphatic heterocycles. The number of rotatable bonds is 6. The molecule has 0 aliphatic rings. The van der Waals surface area contributed by atoms with Crippen LogP contribution in [0.3, 0.4) is 0 Å². The minimum Gasteiger partial charge on any atom is -0.502 e. The molecule has 2 N–H and O–H groups in total. The Morgan fingerprint density at radius 3 is 2.59 bits per heavy atom. The predicted molar refractivity (Wildman–Crippen MR) is 101 cm³/mol. The van der Waals surface area contributed by atoms with Crippen LogP contribution in [0.4, 0.5) is 5.69 Å². The number of nitrogens with one attached hydrogen (secondary N) is 1. The Balaban J connectivity index is 1.56. The monoisotopic (exact) mass is 365 g/mol. The van der Waals surface area contributed by atoms with Crippen molar-refractivity contribution in [3.05, 3.63) is 93.5 Å². The van der Waals surface area contributed by atoms with Gasteiger partial charge in [0.1, 0.15) is 18.6 Å². The van der Waals surface area contributed by atoms with Crippen molar-refractivity contribution in [2.45, 2.75) is 20.1 Å². The van der Waals surface area contributed by atoms with Crippen LogP contribution in [0.25, 0.3) is 0 Å². The van der Waals surface area contributed by atoms with E-state index in [-0.39, 0.29) is 12.4 Å². The molecule has 0 spiro atoms. The number of carbonyl (C=O) groups excluding carboxylic acids is 1. The van der Waals surface area contributed by atoms with Crippen LogP contribution < -0.4 is 10.7 Å². The van der Waals surface area contributed by atoms with Gasteiger partial charge in [0.2, 0.25) is 5.43 Å². The largest absolute Gasteiger partial charge is 0.502 e. The molecular formula is C21H19NO5. The molecule has 3 rings (SSSR count). The van der Waals surface area contributed by atoms with Crippen LogP contribution in [0.2, 0.25) is 0 Å². The van der Waals surface area contributed by atoms with Crippen molar-refractivity contribution in [1.82, 2.24) is 0 Å². The lowest BCUT2D eigenvalue weighted by molar-refractivity contribution is 0.0443. The quantitative estimate of drug-likeness (QED) is 0.649. The zero-order valence-electron chi connectivity index (χ0n) is 14.8. The number of carbonyl (C=O) groups is 1. The van der Waals surface area contributed by atoms with E-state index in [1.54, 1.807) is 24.3 Å². The SMILES string of the molecule is Cc1ccccc1CNc1ccc(C(=O)OCc2cc(=O)c(O)co2)cc1. The molecule has 0 unspecified atom stereocenters. The maximum Gasteiger partial charge on any atom is 0.338 e. The van der Waals surface area contributed by atoms with Gasteiger partial charge in [0.25, 0.3) is 0 Å². The van der Waals surface area contributed by atoms with E-state index in [4.69, 9.17) is 14.3 Å². The first-order chi connectivity index (χ1) is 13.0. The molecule has 0 radical (unpaired) electrons. The fourth-order valence-electron chi connectivity index (χ4n) is 2.47. The van der Waals surface area contributed by atoms with Gasteiger partial charge < -0.3 is 19.6 Å². The number of ether oxygens (including phenoxy) is 1. The van der Waals surface area contributed by atoms with Gasteiger partial charge in [-0.05, 0) is 42.3 Å². The molecule has 0 amide bonds. The van der Waals surface area contributed by atoms with E-state index < -0.39 is 17.1 Å². The summed E-state index contributed by atoms with van der Waals surface area (Å²) in [6, 6.07) is 16.1. The van der Waals surface area contributed by atoms with Crippen LogP contribution in [0, 0.1) is 6.92 Å². The number of hydrogen-bond acceptors (Lipinski definition) is 6.